The van der Waals surface area contributed by atoms with E-state index in [1.807, 2.05) is 0 Å². The lowest BCUT2D eigenvalue weighted by Crippen LogP contribution is -2.22. The van der Waals surface area contributed by atoms with Gasteiger partial charge in [-0.1, -0.05) is 12.1 Å². The van der Waals surface area contributed by atoms with Gasteiger partial charge in [-0.05, 0) is 45.8 Å². The summed E-state index contributed by atoms with van der Waals surface area (Å²) in [5.74, 6) is -2.56. The van der Waals surface area contributed by atoms with E-state index in [-0.39, 0.29) is 34.6 Å². The van der Waals surface area contributed by atoms with Crippen LogP contribution in [0.1, 0.15) is 21.5 Å². The number of benzene rings is 2. The quantitative estimate of drug-likeness (QED) is 0.620. The molecule has 1 aromatic heterocycles. The minimum atomic E-state index is -1.06. The van der Waals surface area contributed by atoms with Crippen LogP contribution in [0.2, 0.25) is 0 Å². The maximum absolute atomic E-state index is 13.7. The Hall–Kier alpha value is -3.07. The predicted octanol–water partition coefficient (Wildman–Crippen LogP) is 3.61. The second kappa shape index (κ2) is 8.30. The molecule has 1 heterocycles. The smallest absolute Gasteiger partial charge is 0.335 e. The molecule has 0 saturated heterocycles. The fraction of sp³-hybridized carbons (Fsp3) is 0.105. The summed E-state index contributed by atoms with van der Waals surface area (Å²) < 4.78 is 33.3. The minimum Gasteiger partial charge on any atom is -0.478 e. The molecule has 0 bridgehead atoms. The van der Waals surface area contributed by atoms with Crippen LogP contribution in [0, 0.1) is 11.6 Å². The molecule has 0 saturated carbocycles. The summed E-state index contributed by atoms with van der Waals surface area (Å²) in [4.78, 5) is 27.6. The normalized spacial score (nSPS) is 10.7. The second-order valence-electron chi connectivity index (χ2n) is 5.83. The molecule has 0 atom stereocenters. The minimum absolute atomic E-state index is 0.0342. The zero-order chi connectivity index (χ0) is 20.3. The summed E-state index contributed by atoms with van der Waals surface area (Å²) in [5.41, 5.74) is 0.381. The molecule has 0 fully saturated rings. The number of aromatic carboxylic acids is 1. The summed E-state index contributed by atoms with van der Waals surface area (Å²) in [7, 11) is 0. The first kappa shape index (κ1) is 19.7. The van der Waals surface area contributed by atoms with E-state index in [0.29, 0.717) is 5.56 Å². The van der Waals surface area contributed by atoms with Gasteiger partial charge in [0.15, 0.2) is 0 Å². The highest BCUT2D eigenvalue weighted by Gasteiger charge is 2.13. The highest BCUT2D eigenvalue weighted by atomic mass is 79.9. The van der Waals surface area contributed by atoms with Crippen molar-refractivity contribution < 1.29 is 23.4 Å². The van der Waals surface area contributed by atoms with Gasteiger partial charge in [0.25, 0.3) is 5.56 Å². The standard InChI is InChI=1S/C19H13BrF2N2O4/c20-16-17(28-9-13-4-5-14(21)7-15(13)22)23-10-24(18(16)25)8-11-2-1-3-12(6-11)19(26)27/h1-7,10H,8-9H2,(H,26,27). The molecule has 3 aromatic rings. The van der Waals surface area contributed by atoms with Crippen LogP contribution in [0.15, 0.2) is 58.1 Å². The average molecular weight is 451 g/mol. The molecule has 0 aliphatic carbocycles. The maximum Gasteiger partial charge on any atom is 0.335 e. The third-order valence-corrected chi connectivity index (χ3v) is 4.54. The lowest BCUT2D eigenvalue weighted by Gasteiger charge is -2.11. The van der Waals surface area contributed by atoms with Crippen molar-refractivity contribution in [2.45, 2.75) is 13.2 Å². The number of hydrogen-bond acceptors (Lipinski definition) is 4. The first-order valence-corrected chi connectivity index (χ1v) is 8.78. The molecule has 28 heavy (non-hydrogen) atoms. The number of carboxylic acids is 1. The van der Waals surface area contributed by atoms with E-state index >= 15 is 0 Å². The van der Waals surface area contributed by atoms with Crippen molar-refractivity contribution in [3.05, 3.63) is 91.9 Å². The Morgan fingerprint density at radius 1 is 1.21 bits per heavy atom. The molecule has 0 radical (unpaired) electrons. The lowest BCUT2D eigenvalue weighted by molar-refractivity contribution is 0.0696. The Morgan fingerprint density at radius 2 is 2.00 bits per heavy atom. The number of rotatable bonds is 6. The average Bonchev–Trinajstić information content (AvgIpc) is 2.66. The van der Waals surface area contributed by atoms with Gasteiger partial charge in [-0.2, -0.15) is 0 Å². The SMILES string of the molecule is O=C(O)c1cccc(Cn2cnc(OCc3ccc(F)cc3F)c(Br)c2=O)c1. The molecule has 6 nitrogen and oxygen atoms in total. The van der Waals surface area contributed by atoms with E-state index < -0.39 is 23.2 Å². The Bertz CT molecular complexity index is 1100. The maximum atomic E-state index is 13.7. The van der Waals surface area contributed by atoms with E-state index in [2.05, 4.69) is 20.9 Å². The Labute approximate surface area is 166 Å². The van der Waals surface area contributed by atoms with E-state index in [1.165, 1.54) is 29.1 Å². The Kier molecular flexibility index (Phi) is 5.84. The van der Waals surface area contributed by atoms with E-state index in [9.17, 15) is 18.4 Å². The van der Waals surface area contributed by atoms with Gasteiger partial charge in [0, 0.05) is 11.6 Å². The van der Waals surface area contributed by atoms with Gasteiger partial charge < -0.3 is 9.84 Å². The molecule has 0 spiro atoms. The molecule has 3 rings (SSSR count). The number of hydrogen-bond donors (Lipinski definition) is 1. The van der Waals surface area contributed by atoms with Crippen molar-refractivity contribution in [1.29, 1.82) is 0 Å². The fourth-order valence-corrected chi connectivity index (χ4v) is 2.89. The Balaban J connectivity index is 1.78. The van der Waals surface area contributed by atoms with E-state index in [1.54, 1.807) is 12.1 Å². The third-order valence-electron chi connectivity index (χ3n) is 3.86. The van der Waals surface area contributed by atoms with Gasteiger partial charge >= 0.3 is 5.97 Å². The summed E-state index contributed by atoms with van der Waals surface area (Å²) in [6.45, 7) is -0.125. The molecule has 2 aromatic carbocycles. The monoisotopic (exact) mass is 450 g/mol. The zero-order valence-electron chi connectivity index (χ0n) is 14.2. The number of carbonyl (C=O) groups is 1. The molecule has 0 amide bonds. The zero-order valence-corrected chi connectivity index (χ0v) is 15.8. The molecule has 1 N–H and O–H groups in total. The van der Waals surface area contributed by atoms with Crippen molar-refractivity contribution >= 4 is 21.9 Å². The third kappa shape index (κ3) is 4.42. The number of nitrogens with zero attached hydrogens (tertiary/aromatic N) is 2. The van der Waals surface area contributed by atoms with Crippen LogP contribution in [0.4, 0.5) is 8.78 Å². The van der Waals surface area contributed by atoms with Gasteiger partial charge in [-0.15, -0.1) is 0 Å². The second-order valence-corrected chi connectivity index (χ2v) is 6.62. The predicted molar refractivity (Wildman–Crippen MR) is 99.4 cm³/mol. The summed E-state index contributed by atoms with van der Waals surface area (Å²) in [5, 5.41) is 9.05. The van der Waals surface area contributed by atoms with Crippen LogP contribution in [-0.2, 0) is 13.2 Å². The number of carboxylic acid groups (broad SMARTS) is 1. The van der Waals surface area contributed by atoms with Gasteiger partial charge in [0.05, 0.1) is 12.1 Å². The molecular formula is C19H13BrF2N2O4. The van der Waals surface area contributed by atoms with Crippen LogP contribution < -0.4 is 10.3 Å². The highest BCUT2D eigenvalue weighted by Crippen LogP contribution is 2.20. The van der Waals surface area contributed by atoms with Crippen LogP contribution in [0.3, 0.4) is 0 Å². The molecule has 0 aliphatic heterocycles. The topological polar surface area (TPSA) is 81.4 Å². The fourth-order valence-electron chi connectivity index (χ4n) is 2.45. The van der Waals surface area contributed by atoms with Crippen molar-refractivity contribution in [3.63, 3.8) is 0 Å². The largest absolute Gasteiger partial charge is 0.478 e. The van der Waals surface area contributed by atoms with Crippen LogP contribution in [-0.4, -0.2) is 20.6 Å². The number of ether oxygens (including phenoxy) is 1. The molecular weight excluding hydrogens is 438 g/mol. The first-order valence-electron chi connectivity index (χ1n) is 7.99. The lowest BCUT2D eigenvalue weighted by atomic mass is 10.1. The molecule has 144 valence electrons. The summed E-state index contributed by atoms with van der Waals surface area (Å²) >= 11 is 3.12. The van der Waals surface area contributed by atoms with Crippen molar-refractivity contribution in [2.24, 2.45) is 0 Å². The van der Waals surface area contributed by atoms with Gasteiger partial charge in [-0.3, -0.25) is 9.36 Å². The molecule has 9 heteroatoms. The van der Waals surface area contributed by atoms with Gasteiger partial charge in [-0.25, -0.2) is 18.6 Å². The van der Waals surface area contributed by atoms with E-state index in [0.717, 1.165) is 12.1 Å². The number of halogens is 3. The van der Waals surface area contributed by atoms with Crippen LogP contribution in [0.25, 0.3) is 0 Å². The van der Waals surface area contributed by atoms with Crippen LogP contribution >= 0.6 is 15.9 Å². The van der Waals surface area contributed by atoms with Gasteiger partial charge in [0.1, 0.15) is 29.0 Å². The van der Waals surface area contributed by atoms with E-state index in [4.69, 9.17) is 9.84 Å². The number of aromatic nitrogens is 2. The van der Waals surface area contributed by atoms with Crippen molar-refractivity contribution in [2.75, 3.05) is 0 Å². The Morgan fingerprint density at radius 3 is 2.71 bits per heavy atom. The van der Waals surface area contributed by atoms with Crippen molar-refractivity contribution in [1.82, 2.24) is 9.55 Å². The van der Waals surface area contributed by atoms with Crippen molar-refractivity contribution in [3.8, 4) is 5.88 Å². The van der Waals surface area contributed by atoms with Gasteiger partial charge in [0.2, 0.25) is 5.88 Å². The summed E-state index contributed by atoms with van der Waals surface area (Å²) in [6.07, 6.45) is 1.25. The first-order chi connectivity index (χ1) is 13.3. The highest BCUT2D eigenvalue weighted by molar-refractivity contribution is 9.10. The molecule has 0 unspecified atom stereocenters. The summed E-state index contributed by atoms with van der Waals surface area (Å²) in [6, 6.07) is 9.28. The van der Waals surface area contributed by atoms with Crippen LogP contribution in [0.5, 0.6) is 5.88 Å². The molecule has 0 aliphatic rings.